The lowest BCUT2D eigenvalue weighted by molar-refractivity contribution is 0.0600. The van der Waals surface area contributed by atoms with Gasteiger partial charge in [-0.15, -0.1) is 0 Å². The quantitative estimate of drug-likeness (QED) is 0.733. The van der Waals surface area contributed by atoms with Crippen LogP contribution in [0.15, 0.2) is 24.3 Å². The molecule has 0 heterocycles. The van der Waals surface area contributed by atoms with Gasteiger partial charge in [-0.25, -0.2) is 4.79 Å². The van der Waals surface area contributed by atoms with Crippen molar-refractivity contribution >= 4 is 5.97 Å². The Labute approximate surface area is 101 Å². The van der Waals surface area contributed by atoms with Gasteiger partial charge in [-0.2, -0.15) is 5.26 Å². The van der Waals surface area contributed by atoms with Gasteiger partial charge in [-0.3, -0.25) is 0 Å². The number of hydrogen-bond acceptors (Lipinski definition) is 3. The third kappa shape index (κ3) is 2.03. The van der Waals surface area contributed by atoms with Gasteiger partial charge >= 0.3 is 5.97 Å². The van der Waals surface area contributed by atoms with Crippen LogP contribution in [0.1, 0.15) is 41.6 Å². The fourth-order valence-electron chi connectivity index (χ4n) is 2.51. The van der Waals surface area contributed by atoms with Gasteiger partial charge in [0.15, 0.2) is 0 Å². The maximum Gasteiger partial charge on any atom is 0.337 e. The summed E-state index contributed by atoms with van der Waals surface area (Å²) in [7, 11) is 1.37. The highest BCUT2D eigenvalue weighted by Gasteiger charge is 2.36. The number of hydrogen-bond donors (Lipinski definition) is 0. The van der Waals surface area contributed by atoms with Crippen LogP contribution in [-0.4, -0.2) is 13.1 Å². The van der Waals surface area contributed by atoms with E-state index in [2.05, 4.69) is 6.07 Å². The van der Waals surface area contributed by atoms with Crippen LogP contribution < -0.4 is 0 Å². The maximum absolute atomic E-state index is 11.5. The molecule has 0 unspecified atom stereocenters. The van der Waals surface area contributed by atoms with Gasteiger partial charge in [0.05, 0.1) is 24.2 Å². The molecule has 1 saturated carbocycles. The summed E-state index contributed by atoms with van der Waals surface area (Å²) in [4.78, 5) is 11.5. The molecular weight excluding hydrogens is 214 g/mol. The molecule has 1 aromatic carbocycles. The minimum atomic E-state index is -0.399. The topological polar surface area (TPSA) is 50.1 Å². The Bertz CT molecular complexity index is 467. The third-order valence-electron chi connectivity index (χ3n) is 3.51. The van der Waals surface area contributed by atoms with Crippen LogP contribution in [-0.2, 0) is 10.2 Å². The van der Waals surface area contributed by atoms with Crippen molar-refractivity contribution in [1.82, 2.24) is 0 Å². The Morgan fingerprint density at radius 2 is 2.12 bits per heavy atom. The van der Waals surface area contributed by atoms with E-state index in [0.29, 0.717) is 5.56 Å². The molecule has 0 amide bonds. The highest BCUT2D eigenvalue weighted by atomic mass is 16.5. The standard InChI is InChI=1S/C14H15NO2/c1-17-13(16)11-5-4-6-12(9-11)14(10-15)7-2-3-8-14/h4-6,9H,2-3,7-8H2,1H3. The number of nitriles is 1. The highest BCUT2D eigenvalue weighted by molar-refractivity contribution is 5.89. The first-order valence-corrected chi connectivity index (χ1v) is 5.82. The van der Waals surface area contributed by atoms with Gasteiger partial charge in [0.2, 0.25) is 0 Å². The molecule has 0 spiro atoms. The number of esters is 1. The number of nitrogens with zero attached hydrogens (tertiary/aromatic N) is 1. The molecule has 0 bridgehead atoms. The summed E-state index contributed by atoms with van der Waals surface area (Å²) in [5.74, 6) is -0.349. The third-order valence-corrected chi connectivity index (χ3v) is 3.51. The van der Waals surface area contributed by atoms with Crippen molar-refractivity contribution in [2.75, 3.05) is 7.11 Å². The molecule has 17 heavy (non-hydrogen) atoms. The first-order chi connectivity index (χ1) is 8.22. The van der Waals surface area contributed by atoms with Crippen LogP contribution >= 0.6 is 0 Å². The molecule has 0 aromatic heterocycles. The van der Waals surface area contributed by atoms with Crippen LogP contribution in [0.4, 0.5) is 0 Å². The Balaban J connectivity index is 2.39. The molecule has 0 radical (unpaired) electrons. The minimum absolute atomic E-state index is 0.349. The van der Waals surface area contributed by atoms with Crippen LogP contribution in [0.2, 0.25) is 0 Å². The van der Waals surface area contributed by atoms with E-state index in [1.807, 2.05) is 12.1 Å². The SMILES string of the molecule is COC(=O)c1cccc(C2(C#N)CCCC2)c1. The molecule has 0 aliphatic heterocycles. The molecule has 1 aliphatic carbocycles. The Hall–Kier alpha value is -1.82. The second-order valence-electron chi connectivity index (χ2n) is 4.47. The lowest BCUT2D eigenvalue weighted by Crippen LogP contribution is -2.19. The molecule has 0 atom stereocenters. The van der Waals surface area contributed by atoms with E-state index in [-0.39, 0.29) is 5.97 Å². The fourth-order valence-corrected chi connectivity index (χ4v) is 2.51. The van der Waals surface area contributed by atoms with E-state index in [1.54, 1.807) is 12.1 Å². The molecular formula is C14H15NO2. The number of carbonyl (C=O) groups excluding carboxylic acids is 1. The maximum atomic E-state index is 11.5. The van der Waals surface area contributed by atoms with E-state index < -0.39 is 5.41 Å². The minimum Gasteiger partial charge on any atom is -0.465 e. The van der Waals surface area contributed by atoms with Gasteiger partial charge in [0.1, 0.15) is 0 Å². The summed E-state index contributed by atoms with van der Waals surface area (Å²) in [6.07, 6.45) is 3.92. The Morgan fingerprint density at radius 3 is 2.71 bits per heavy atom. The smallest absolute Gasteiger partial charge is 0.337 e. The van der Waals surface area contributed by atoms with E-state index in [1.165, 1.54) is 7.11 Å². The molecule has 0 N–H and O–H groups in total. The molecule has 3 heteroatoms. The lowest BCUT2D eigenvalue weighted by Gasteiger charge is -2.21. The second kappa shape index (κ2) is 4.58. The zero-order valence-corrected chi connectivity index (χ0v) is 9.90. The van der Waals surface area contributed by atoms with Crippen LogP contribution in [0.5, 0.6) is 0 Å². The van der Waals surface area contributed by atoms with Crippen LogP contribution in [0.25, 0.3) is 0 Å². The molecule has 0 saturated heterocycles. The molecule has 3 nitrogen and oxygen atoms in total. The average molecular weight is 229 g/mol. The summed E-state index contributed by atoms with van der Waals surface area (Å²) < 4.78 is 4.70. The summed E-state index contributed by atoms with van der Waals surface area (Å²) in [5.41, 5.74) is 1.07. The largest absolute Gasteiger partial charge is 0.465 e. The molecule has 88 valence electrons. The summed E-state index contributed by atoms with van der Waals surface area (Å²) in [6, 6.07) is 9.69. The predicted molar refractivity (Wildman–Crippen MR) is 63.5 cm³/mol. The van der Waals surface area contributed by atoms with Crippen molar-refractivity contribution in [1.29, 1.82) is 5.26 Å². The highest BCUT2D eigenvalue weighted by Crippen LogP contribution is 2.40. The fraction of sp³-hybridized carbons (Fsp3) is 0.429. The summed E-state index contributed by atoms with van der Waals surface area (Å²) in [6.45, 7) is 0. The van der Waals surface area contributed by atoms with Crippen molar-refractivity contribution in [2.24, 2.45) is 0 Å². The van der Waals surface area contributed by atoms with Crippen molar-refractivity contribution < 1.29 is 9.53 Å². The van der Waals surface area contributed by atoms with E-state index in [4.69, 9.17) is 4.74 Å². The van der Waals surface area contributed by atoms with Gasteiger partial charge < -0.3 is 4.74 Å². The van der Waals surface area contributed by atoms with E-state index >= 15 is 0 Å². The first-order valence-electron chi connectivity index (χ1n) is 5.82. The Morgan fingerprint density at radius 1 is 1.41 bits per heavy atom. The Kier molecular flexibility index (Phi) is 3.14. The van der Waals surface area contributed by atoms with Crippen molar-refractivity contribution in [3.8, 4) is 6.07 Å². The molecule has 2 rings (SSSR count). The number of ether oxygens (including phenoxy) is 1. The molecule has 1 aliphatic rings. The van der Waals surface area contributed by atoms with Crippen molar-refractivity contribution in [3.05, 3.63) is 35.4 Å². The van der Waals surface area contributed by atoms with Crippen molar-refractivity contribution in [3.63, 3.8) is 0 Å². The average Bonchev–Trinajstić information content (AvgIpc) is 2.88. The summed E-state index contributed by atoms with van der Waals surface area (Å²) in [5, 5.41) is 9.39. The zero-order valence-electron chi connectivity index (χ0n) is 9.90. The van der Waals surface area contributed by atoms with E-state index in [9.17, 15) is 10.1 Å². The zero-order chi connectivity index (χ0) is 12.3. The number of benzene rings is 1. The second-order valence-corrected chi connectivity index (χ2v) is 4.47. The number of rotatable bonds is 2. The normalized spacial score (nSPS) is 17.4. The van der Waals surface area contributed by atoms with Gasteiger partial charge in [-0.1, -0.05) is 25.0 Å². The molecule has 1 fully saturated rings. The predicted octanol–water partition coefficient (Wildman–Crippen LogP) is 2.81. The van der Waals surface area contributed by atoms with E-state index in [0.717, 1.165) is 31.2 Å². The number of methoxy groups -OCH3 is 1. The lowest BCUT2D eigenvalue weighted by atomic mass is 9.80. The van der Waals surface area contributed by atoms with Gasteiger partial charge in [0, 0.05) is 0 Å². The van der Waals surface area contributed by atoms with Crippen LogP contribution in [0.3, 0.4) is 0 Å². The molecule has 1 aromatic rings. The monoisotopic (exact) mass is 229 g/mol. The van der Waals surface area contributed by atoms with Gasteiger partial charge in [0.25, 0.3) is 0 Å². The first kappa shape index (κ1) is 11.7. The van der Waals surface area contributed by atoms with Gasteiger partial charge in [-0.05, 0) is 30.5 Å². The van der Waals surface area contributed by atoms with Crippen LogP contribution in [0, 0.1) is 11.3 Å². The number of carbonyl (C=O) groups is 1. The van der Waals surface area contributed by atoms with Crippen molar-refractivity contribution in [2.45, 2.75) is 31.1 Å². The summed E-state index contributed by atoms with van der Waals surface area (Å²) >= 11 is 0.